The molecule has 1 aliphatic heterocycles. The van der Waals surface area contributed by atoms with Crippen LogP contribution in [0.2, 0.25) is 0 Å². The first-order valence-corrected chi connectivity index (χ1v) is 15.2. The van der Waals surface area contributed by atoms with Crippen molar-refractivity contribution in [2.24, 2.45) is 13.0 Å². The van der Waals surface area contributed by atoms with Crippen LogP contribution in [-0.2, 0) is 23.5 Å². The van der Waals surface area contributed by atoms with Crippen molar-refractivity contribution in [1.82, 2.24) is 24.4 Å². The van der Waals surface area contributed by atoms with Gasteiger partial charge in [0.15, 0.2) is 16.7 Å². The number of methoxy groups -OCH3 is 1. The van der Waals surface area contributed by atoms with E-state index in [0.717, 1.165) is 30.5 Å². The fourth-order valence-electron chi connectivity index (χ4n) is 6.00. The number of piperidine rings is 1. The van der Waals surface area contributed by atoms with Crippen molar-refractivity contribution in [1.29, 1.82) is 0 Å². The minimum absolute atomic E-state index is 0. The molecular formula is C30H40ClN7O3S. The first-order valence-electron chi connectivity index (χ1n) is 13.7. The van der Waals surface area contributed by atoms with Gasteiger partial charge in [0.25, 0.3) is 10.0 Å². The summed E-state index contributed by atoms with van der Waals surface area (Å²) < 4.78 is 36.2. The number of imidazole rings is 1. The van der Waals surface area contributed by atoms with E-state index in [2.05, 4.69) is 65.7 Å². The van der Waals surface area contributed by atoms with Crippen molar-refractivity contribution in [2.75, 3.05) is 24.2 Å². The van der Waals surface area contributed by atoms with Gasteiger partial charge in [0.1, 0.15) is 5.75 Å². The molecule has 0 atom stereocenters. The van der Waals surface area contributed by atoms with Crippen molar-refractivity contribution in [3.63, 3.8) is 0 Å². The van der Waals surface area contributed by atoms with Crippen molar-refractivity contribution in [2.45, 2.75) is 63.1 Å². The third-order valence-electron chi connectivity index (χ3n) is 8.23. The van der Waals surface area contributed by atoms with Gasteiger partial charge in [0, 0.05) is 36.1 Å². The highest BCUT2D eigenvalue weighted by atomic mass is 35.5. The molecule has 0 spiro atoms. The molecular weight excluding hydrogens is 574 g/mol. The van der Waals surface area contributed by atoms with Crippen molar-refractivity contribution >= 4 is 50.8 Å². The summed E-state index contributed by atoms with van der Waals surface area (Å²) in [6, 6.07) is 13.3. The molecule has 226 valence electrons. The number of nitrogens with zero attached hydrogens (tertiary/aromatic N) is 5. The molecule has 5 rings (SSSR count). The number of rotatable bonds is 8. The standard InChI is InChI=1S/C30H39N7O3S.ClH/c1-29(2)16-20(17-30(3,4)37(29)6)14-21-12-13-22(40-7)15-25(21)34-27-28(33-24-11-9-8-10-23(24)32-27)35-41(38,39)26-18-36(5)19-31-26;/h8-13,15,18-20H,14,16-17H2,1-7H3,(H,32,34)(H,33,35);1H. The van der Waals surface area contributed by atoms with Crippen LogP contribution in [0.25, 0.3) is 11.0 Å². The maximum Gasteiger partial charge on any atom is 0.282 e. The largest absolute Gasteiger partial charge is 0.497 e. The van der Waals surface area contributed by atoms with E-state index in [1.54, 1.807) is 24.8 Å². The van der Waals surface area contributed by atoms with E-state index < -0.39 is 10.0 Å². The van der Waals surface area contributed by atoms with Gasteiger partial charge in [0.05, 0.1) is 24.5 Å². The molecule has 3 heterocycles. The van der Waals surface area contributed by atoms with Crippen LogP contribution in [0.1, 0.15) is 46.1 Å². The van der Waals surface area contributed by atoms with Gasteiger partial charge in [-0.3, -0.25) is 9.62 Å². The number of anilines is 3. The average molecular weight is 614 g/mol. The van der Waals surface area contributed by atoms with Crippen molar-refractivity contribution in [3.8, 4) is 5.75 Å². The molecule has 12 heteroatoms. The fourth-order valence-corrected chi connectivity index (χ4v) is 7.00. The van der Waals surface area contributed by atoms with Crippen LogP contribution < -0.4 is 14.8 Å². The van der Waals surface area contributed by atoms with Gasteiger partial charge in [-0.1, -0.05) is 18.2 Å². The Hall–Kier alpha value is -3.41. The lowest BCUT2D eigenvalue weighted by Gasteiger charge is -2.54. The van der Waals surface area contributed by atoms with Gasteiger partial charge in [0.2, 0.25) is 0 Å². The third kappa shape index (κ3) is 6.48. The van der Waals surface area contributed by atoms with Crippen LogP contribution in [0.5, 0.6) is 5.75 Å². The number of hydrogen-bond acceptors (Lipinski definition) is 8. The van der Waals surface area contributed by atoms with Gasteiger partial charge in [-0.25, -0.2) is 15.0 Å². The summed E-state index contributed by atoms with van der Waals surface area (Å²) >= 11 is 0. The number of benzene rings is 2. The third-order valence-corrected chi connectivity index (χ3v) is 9.45. The number of ether oxygens (including phenoxy) is 1. The SMILES string of the molecule is COc1ccc(CC2CC(C)(C)N(C)C(C)(C)C2)c(Nc2nc3ccccc3nc2NS(=O)(=O)c2cn(C)cn2)c1.Cl. The van der Waals surface area contributed by atoms with E-state index in [1.807, 2.05) is 30.3 Å². The molecule has 1 saturated heterocycles. The Morgan fingerprint density at radius 2 is 1.60 bits per heavy atom. The molecule has 0 aliphatic carbocycles. The maximum absolute atomic E-state index is 13.2. The lowest BCUT2D eigenvalue weighted by molar-refractivity contribution is -0.0296. The zero-order chi connectivity index (χ0) is 29.6. The summed E-state index contributed by atoms with van der Waals surface area (Å²) in [7, 11) is 1.55. The number of sulfonamides is 1. The molecule has 0 unspecified atom stereocenters. The average Bonchev–Trinajstić information content (AvgIpc) is 3.35. The molecule has 0 saturated carbocycles. The van der Waals surface area contributed by atoms with E-state index in [-0.39, 0.29) is 34.3 Å². The normalized spacial score (nSPS) is 17.0. The lowest BCUT2D eigenvalue weighted by atomic mass is 9.72. The molecule has 4 aromatic rings. The van der Waals surface area contributed by atoms with Gasteiger partial charge in [-0.05, 0) is 83.7 Å². The number of para-hydroxylation sites is 2. The van der Waals surface area contributed by atoms with Crippen LogP contribution in [-0.4, -0.2) is 58.1 Å². The molecule has 2 aromatic carbocycles. The highest BCUT2D eigenvalue weighted by molar-refractivity contribution is 7.92. The van der Waals surface area contributed by atoms with Gasteiger partial charge < -0.3 is 14.6 Å². The lowest BCUT2D eigenvalue weighted by Crippen LogP contribution is -2.58. The van der Waals surface area contributed by atoms with E-state index in [4.69, 9.17) is 9.72 Å². The summed E-state index contributed by atoms with van der Waals surface area (Å²) in [6.45, 7) is 9.22. The van der Waals surface area contributed by atoms with Crippen LogP contribution in [0, 0.1) is 5.92 Å². The molecule has 0 radical (unpaired) electrons. The summed E-state index contributed by atoms with van der Waals surface area (Å²) in [5.41, 5.74) is 3.22. The van der Waals surface area contributed by atoms with Gasteiger partial charge >= 0.3 is 0 Å². The number of hydrogen-bond donors (Lipinski definition) is 2. The van der Waals surface area contributed by atoms with Crippen molar-refractivity contribution in [3.05, 3.63) is 60.6 Å². The molecule has 1 aliphatic rings. The highest BCUT2D eigenvalue weighted by Gasteiger charge is 2.43. The van der Waals surface area contributed by atoms with Gasteiger partial charge in [-0.2, -0.15) is 8.42 Å². The molecule has 0 amide bonds. The second-order valence-corrected chi connectivity index (χ2v) is 13.8. The number of likely N-dealkylation sites (tertiary alicyclic amines) is 1. The van der Waals surface area contributed by atoms with E-state index in [9.17, 15) is 8.42 Å². The van der Waals surface area contributed by atoms with Crippen molar-refractivity contribution < 1.29 is 13.2 Å². The van der Waals surface area contributed by atoms with Gasteiger partial charge in [-0.15, -0.1) is 12.4 Å². The summed E-state index contributed by atoms with van der Waals surface area (Å²) in [6.07, 6.45) is 5.85. The Balaban J connectivity index is 0.00000405. The molecule has 1 fully saturated rings. The topological polar surface area (TPSA) is 114 Å². The Morgan fingerprint density at radius 3 is 2.17 bits per heavy atom. The molecule has 10 nitrogen and oxygen atoms in total. The monoisotopic (exact) mass is 613 g/mol. The molecule has 2 N–H and O–H groups in total. The second kappa shape index (κ2) is 11.7. The first kappa shape index (κ1) is 31.5. The Labute approximate surface area is 254 Å². The molecule has 42 heavy (non-hydrogen) atoms. The van der Waals surface area contributed by atoms with Crippen LogP contribution in [0.3, 0.4) is 0 Å². The summed E-state index contributed by atoms with van der Waals surface area (Å²) in [5.74, 6) is 1.52. The zero-order valence-electron chi connectivity index (χ0n) is 25.2. The number of aryl methyl sites for hydroxylation is 1. The van der Waals surface area contributed by atoms with E-state index >= 15 is 0 Å². The maximum atomic E-state index is 13.2. The first-order chi connectivity index (χ1) is 19.3. The van der Waals surface area contributed by atoms with E-state index in [0.29, 0.717) is 28.5 Å². The second-order valence-electron chi connectivity index (χ2n) is 12.2. The highest BCUT2D eigenvalue weighted by Crippen LogP contribution is 2.42. The minimum Gasteiger partial charge on any atom is -0.497 e. The Bertz CT molecular complexity index is 1670. The smallest absolute Gasteiger partial charge is 0.282 e. The number of nitrogens with one attached hydrogen (secondary N) is 2. The van der Waals surface area contributed by atoms with Crippen LogP contribution in [0.15, 0.2) is 60.0 Å². The summed E-state index contributed by atoms with van der Waals surface area (Å²) in [5, 5.41) is 3.31. The predicted octanol–water partition coefficient (Wildman–Crippen LogP) is 5.78. The predicted molar refractivity (Wildman–Crippen MR) is 169 cm³/mol. The summed E-state index contributed by atoms with van der Waals surface area (Å²) in [4.78, 5) is 15.9. The number of halogens is 1. The quantitative estimate of drug-likeness (QED) is 0.257. The van der Waals surface area contributed by atoms with Crippen LogP contribution in [0.4, 0.5) is 17.3 Å². The Kier molecular flexibility index (Phi) is 8.78. The minimum atomic E-state index is -4.01. The number of fused-ring (bicyclic) bond motifs is 1. The Morgan fingerprint density at radius 1 is 0.976 bits per heavy atom. The van der Waals surface area contributed by atoms with Crippen LogP contribution >= 0.6 is 12.4 Å². The molecule has 2 aromatic heterocycles. The van der Waals surface area contributed by atoms with E-state index in [1.165, 1.54) is 12.5 Å². The molecule has 0 bridgehead atoms. The fraction of sp³-hybridized carbons (Fsp3) is 0.433. The zero-order valence-corrected chi connectivity index (χ0v) is 26.8. The number of aromatic nitrogens is 4.